The van der Waals surface area contributed by atoms with Gasteiger partial charge in [-0.2, -0.15) is 0 Å². The number of methoxy groups -OCH3 is 1. The molecule has 0 spiro atoms. The third-order valence-electron chi connectivity index (χ3n) is 2.96. The zero-order chi connectivity index (χ0) is 12.3. The van der Waals surface area contributed by atoms with Crippen molar-refractivity contribution in [3.05, 3.63) is 35.4 Å². The molecule has 1 aromatic carbocycles. The quantitative estimate of drug-likeness (QED) is 0.786. The van der Waals surface area contributed by atoms with Gasteiger partial charge in [-0.3, -0.25) is 4.79 Å². The molecule has 1 atom stereocenters. The highest BCUT2D eigenvalue weighted by molar-refractivity contribution is 5.89. The summed E-state index contributed by atoms with van der Waals surface area (Å²) in [5.74, 6) is -0.0602. The van der Waals surface area contributed by atoms with Crippen molar-refractivity contribution in [2.24, 2.45) is 0 Å². The number of hydrogen-bond donors (Lipinski definition) is 1. The Morgan fingerprint density at radius 3 is 2.65 bits per heavy atom. The SMILES string of the molecule is COC(=O)c1ccc([C@@H]2CC(=O)CCN2)cc1. The van der Waals surface area contributed by atoms with Gasteiger partial charge in [0.1, 0.15) is 5.78 Å². The van der Waals surface area contributed by atoms with Crippen LogP contribution >= 0.6 is 0 Å². The molecule has 1 aromatic rings. The summed E-state index contributed by atoms with van der Waals surface area (Å²) in [7, 11) is 1.36. The number of rotatable bonds is 2. The Morgan fingerprint density at radius 1 is 1.35 bits per heavy atom. The van der Waals surface area contributed by atoms with Crippen molar-refractivity contribution in [3.63, 3.8) is 0 Å². The zero-order valence-corrected chi connectivity index (χ0v) is 9.73. The molecule has 2 rings (SSSR count). The van der Waals surface area contributed by atoms with E-state index in [0.29, 0.717) is 18.4 Å². The van der Waals surface area contributed by atoms with Crippen LogP contribution in [0.5, 0.6) is 0 Å². The minimum atomic E-state index is -0.343. The summed E-state index contributed by atoms with van der Waals surface area (Å²) in [6, 6.07) is 7.25. The van der Waals surface area contributed by atoms with Crippen molar-refractivity contribution in [2.75, 3.05) is 13.7 Å². The van der Waals surface area contributed by atoms with Crippen LogP contribution in [0, 0.1) is 0 Å². The summed E-state index contributed by atoms with van der Waals surface area (Å²) in [6.07, 6.45) is 1.13. The van der Waals surface area contributed by atoms with Crippen LogP contribution in [0.2, 0.25) is 0 Å². The normalized spacial score (nSPS) is 20.1. The largest absolute Gasteiger partial charge is 0.465 e. The molecule has 0 aliphatic carbocycles. The molecule has 1 fully saturated rings. The molecule has 0 bridgehead atoms. The molecule has 1 N–H and O–H groups in total. The topological polar surface area (TPSA) is 55.4 Å². The number of Topliss-reactive ketones (excluding diaryl/α,β-unsaturated/α-hetero) is 1. The van der Waals surface area contributed by atoms with Gasteiger partial charge < -0.3 is 10.1 Å². The number of ether oxygens (including phenoxy) is 1. The lowest BCUT2D eigenvalue weighted by Gasteiger charge is -2.23. The van der Waals surface area contributed by atoms with Gasteiger partial charge in [-0.1, -0.05) is 12.1 Å². The third kappa shape index (κ3) is 2.71. The predicted molar refractivity (Wildman–Crippen MR) is 62.8 cm³/mol. The number of nitrogens with one attached hydrogen (secondary N) is 1. The number of piperidine rings is 1. The van der Waals surface area contributed by atoms with Crippen LogP contribution < -0.4 is 5.32 Å². The Bertz CT molecular complexity index is 425. The lowest BCUT2D eigenvalue weighted by atomic mass is 9.96. The minimum absolute atomic E-state index is 0.0722. The fourth-order valence-corrected chi connectivity index (χ4v) is 1.99. The van der Waals surface area contributed by atoms with Gasteiger partial charge in [0.15, 0.2) is 0 Å². The van der Waals surface area contributed by atoms with Crippen molar-refractivity contribution in [3.8, 4) is 0 Å². The van der Waals surface area contributed by atoms with E-state index in [9.17, 15) is 9.59 Å². The van der Waals surface area contributed by atoms with Crippen molar-refractivity contribution in [1.82, 2.24) is 5.32 Å². The molecule has 0 amide bonds. The first kappa shape index (κ1) is 11.8. The molecule has 1 heterocycles. The Kier molecular flexibility index (Phi) is 3.54. The number of carbonyl (C=O) groups is 2. The smallest absolute Gasteiger partial charge is 0.337 e. The van der Waals surface area contributed by atoms with Gasteiger partial charge in [-0.15, -0.1) is 0 Å². The Labute approximate surface area is 100.0 Å². The van der Waals surface area contributed by atoms with Crippen molar-refractivity contribution >= 4 is 11.8 Å². The number of esters is 1. The standard InChI is InChI=1S/C13H15NO3/c1-17-13(16)10-4-2-9(3-5-10)12-8-11(15)6-7-14-12/h2-5,12,14H,6-8H2,1H3/t12-/m0/s1. The molecule has 0 radical (unpaired) electrons. The maximum atomic E-state index is 11.4. The number of hydrogen-bond acceptors (Lipinski definition) is 4. The molecule has 0 aromatic heterocycles. The van der Waals surface area contributed by atoms with E-state index in [1.54, 1.807) is 12.1 Å². The molecule has 1 aliphatic heterocycles. The monoisotopic (exact) mass is 233 g/mol. The second-order valence-electron chi connectivity index (χ2n) is 4.11. The van der Waals surface area contributed by atoms with Crippen LogP contribution in [0.4, 0.5) is 0 Å². The van der Waals surface area contributed by atoms with Crippen LogP contribution in [0.15, 0.2) is 24.3 Å². The molecule has 0 saturated carbocycles. The van der Waals surface area contributed by atoms with Gasteiger partial charge in [0, 0.05) is 25.4 Å². The van der Waals surface area contributed by atoms with Crippen LogP contribution in [-0.2, 0) is 9.53 Å². The Morgan fingerprint density at radius 2 is 2.06 bits per heavy atom. The first-order valence-corrected chi connectivity index (χ1v) is 5.64. The summed E-state index contributed by atoms with van der Waals surface area (Å²) in [5.41, 5.74) is 1.56. The molecule has 0 unspecified atom stereocenters. The molecule has 4 heteroatoms. The summed E-state index contributed by atoms with van der Waals surface area (Å²) >= 11 is 0. The Hall–Kier alpha value is -1.68. The molecular formula is C13H15NO3. The lowest BCUT2D eigenvalue weighted by molar-refractivity contribution is -0.120. The Balaban J connectivity index is 2.12. The molecule has 90 valence electrons. The van der Waals surface area contributed by atoms with Crippen molar-refractivity contribution in [1.29, 1.82) is 0 Å². The van der Waals surface area contributed by atoms with E-state index in [0.717, 1.165) is 12.1 Å². The van der Waals surface area contributed by atoms with E-state index < -0.39 is 0 Å². The fourth-order valence-electron chi connectivity index (χ4n) is 1.99. The maximum Gasteiger partial charge on any atom is 0.337 e. The minimum Gasteiger partial charge on any atom is -0.465 e. The van der Waals surface area contributed by atoms with E-state index in [1.807, 2.05) is 12.1 Å². The summed E-state index contributed by atoms with van der Waals surface area (Å²) in [5, 5.41) is 3.29. The van der Waals surface area contributed by atoms with Gasteiger partial charge in [-0.25, -0.2) is 4.79 Å². The van der Waals surface area contributed by atoms with E-state index in [1.165, 1.54) is 7.11 Å². The summed E-state index contributed by atoms with van der Waals surface area (Å²) in [6.45, 7) is 0.724. The van der Waals surface area contributed by atoms with Crippen molar-refractivity contribution < 1.29 is 14.3 Å². The number of ketones is 1. The second-order valence-corrected chi connectivity index (χ2v) is 4.11. The second kappa shape index (κ2) is 5.10. The van der Waals surface area contributed by atoms with Crippen LogP contribution in [0.25, 0.3) is 0 Å². The van der Waals surface area contributed by atoms with E-state index in [-0.39, 0.29) is 17.8 Å². The molecule has 1 aliphatic rings. The third-order valence-corrected chi connectivity index (χ3v) is 2.96. The highest BCUT2D eigenvalue weighted by Crippen LogP contribution is 2.21. The summed E-state index contributed by atoms with van der Waals surface area (Å²) in [4.78, 5) is 22.6. The molecule has 4 nitrogen and oxygen atoms in total. The van der Waals surface area contributed by atoms with E-state index in [4.69, 9.17) is 0 Å². The van der Waals surface area contributed by atoms with Crippen LogP contribution in [0.1, 0.15) is 34.8 Å². The van der Waals surface area contributed by atoms with Gasteiger partial charge in [-0.05, 0) is 17.7 Å². The predicted octanol–water partition coefficient (Wildman–Crippen LogP) is 1.47. The summed E-state index contributed by atoms with van der Waals surface area (Å²) < 4.78 is 4.63. The highest BCUT2D eigenvalue weighted by Gasteiger charge is 2.20. The first-order valence-electron chi connectivity index (χ1n) is 5.64. The van der Waals surface area contributed by atoms with Crippen molar-refractivity contribution in [2.45, 2.75) is 18.9 Å². The molecule has 1 saturated heterocycles. The molecule has 17 heavy (non-hydrogen) atoms. The van der Waals surface area contributed by atoms with Gasteiger partial charge in [0.2, 0.25) is 0 Å². The average Bonchev–Trinajstić information content (AvgIpc) is 2.38. The number of benzene rings is 1. The van der Waals surface area contributed by atoms with Gasteiger partial charge >= 0.3 is 5.97 Å². The lowest BCUT2D eigenvalue weighted by Crippen LogP contribution is -2.31. The average molecular weight is 233 g/mol. The fraction of sp³-hybridized carbons (Fsp3) is 0.385. The maximum absolute atomic E-state index is 11.4. The van der Waals surface area contributed by atoms with Crippen LogP contribution in [0.3, 0.4) is 0 Å². The van der Waals surface area contributed by atoms with Crippen LogP contribution in [-0.4, -0.2) is 25.4 Å². The van der Waals surface area contributed by atoms with Gasteiger partial charge in [0.25, 0.3) is 0 Å². The van der Waals surface area contributed by atoms with Gasteiger partial charge in [0.05, 0.1) is 12.7 Å². The zero-order valence-electron chi connectivity index (χ0n) is 9.73. The number of carbonyl (C=O) groups excluding carboxylic acids is 2. The van der Waals surface area contributed by atoms with E-state index >= 15 is 0 Å². The highest BCUT2D eigenvalue weighted by atomic mass is 16.5. The van der Waals surface area contributed by atoms with E-state index in [2.05, 4.69) is 10.1 Å². The first-order chi connectivity index (χ1) is 8.20. The molecular weight excluding hydrogens is 218 g/mol.